The SMILES string of the molecule is CS(=O)(=O)N1CCCc2cc(C(=O)N3CCC[C@@H]3C(=O)O)ccc21. The number of benzene rings is 1. The lowest BCUT2D eigenvalue weighted by Gasteiger charge is -2.30. The number of carboxylic acids is 1. The highest BCUT2D eigenvalue weighted by atomic mass is 32.2. The third kappa shape index (κ3) is 2.98. The number of rotatable bonds is 3. The first-order valence-electron chi connectivity index (χ1n) is 7.93. The van der Waals surface area contributed by atoms with E-state index in [1.54, 1.807) is 18.2 Å². The van der Waals surface area contributed by atoms with Crippen LogP contribution < -0.4 is 4.31 Å². The van der Waals surface area contributed by atoms with Gasteiger partial charge in [0, 0.05) is 18.7 Å². The van der Waals surface area contributed by atoms with Crippen LogP contribution in [-0.2, 0) is 21.2 Å². The summed E-state index contributed by atoms with van der Waals surface area (Å²) < 4.78 is 25.1. The average Bonchev–Trinajstić information content (AvgIpc) is 3.02. The van der Waals surface area contributed by atoms with Gasteiger partial charge < -0.3 is 10.0 Å². The van der Waals surface area contributed by atoms with Gasteiger partial charge >= 0.3 is 5.97 Å². The number of aliphatic carboxylic acids is 1. The van der Waals surface area contributed by atoms with E-state index in [0.717, 1.165) is 5.56 Å². The monoisotopic (exact) mass is 352 g/mol. The predicted molar refractivity (Wildman–Crippen MR) is 88.6 cm³/mol. The van der Waals surface area contributed by atoms with Gasteiger partial charge in [0.25, 0.3) is 5.91 Å². The smallest absolute Gasteiger partial charge is 0.326 e. The van der Waals surface area contributed by atoms with Gasteiger partial charge in [-0.1, -0.05) is 0 Å². The van der Waals surface area contributed by atoms with E-state index in [2.05, 4.69) is 0 Å². The molecule has 0 saturated carbocycles. The minimum atomic E-state index is -3.35. The number of carbonyl (C=O) groups is 2. The van der Waals surface area contributed by atoms with Crippen LogP contribution in [-0.4, -0.2) is 55.7 Å². The normalized spacial score (nSPS) is 20.8. The van der Waals surface area contributed by atoms with Crippen molar-refractivity contribution in [3.05, 3.63) is 29.3 Å². The highest BCUT2D eigenvalue weighted by Crippen LogP contribution is 2.31. The molecular weight excluding hydrogens is 332 g/mol. The molecule has 0 radical (unpaired) electrons. The maximum Gasteiger partial charge on any atom is 0.326 e. The Kier molecular flexibility index (Phi) is 4.25. The third-order valence-electron chi connectivity index (χ3n) is 4.60. The molecule has 0 unspecified atom stereocenters. The summed E-state index contributed by atoms with van der Waals surface area (Å²) >= 11 is 0. The van der Waals surface area contributed by atoms with Gasteiger partial charge in [-0.15, -0.1) is 0 Å². The number of hydrogen-bond acceptors (Lipinski definition) is 4. The largest absolute Gasteiger partial charge is 0.480 e. The van der Waals surface area contributed by atoms with Gasteiger partial charge in [-0.2, -0.15) is 0 Å². The molecular formula is C16H20N2O5S. The van der Waals surface area contributed by atoms with E-state index < -0.39 is 22.0 Å². The van der Waals surface area contributed by atoms with Crippen LogP contribution in [0, 0.1) is 0 Å². The Balaban J connectivity index is 1.91. The number of amides is 1. The first-order valence-corrected chi connectivity index (χ1v) is 9.78. The van der Waals surface area contributed by atoms with E-state index in [4.69, 9.17) is 0 Å². The Hall–Kier alpha value is -2.09. The second-order valence-corrected chi connectivity index (χ2v) is 8.18. The molecule has 3 rings (SSSR count). The molecule has 7 nitrogen and oxygen atoms in total. The number of likely N-dealkylation sites (tertiary alicyclic amines) is 1. The van der Waals surface area contributed by atoms with Crippen molar-refractivity contribution in [1.82, 2.24) is 4.90 Å². The molecule has 1 aromatic carbocycles. The maximum absolute atomic E-state index is 12.7. The Morgan fingerprint density at radius 1 is 1.21 bits per heavy atom. The molecule has 0 aliphatic carbocycles. The first kappa shape index (κ1) is 16.8. The van der Waals surface area contributed by atoms with Crippen LogP contribution in [0.5, 0.6) is 0 Å². The van der Waals surface area contributed by atoms with E-state index in [1.807, 2.05) is 0 Å². The molecule has 2 heterocycles. The van der Waals surface area contributed by atoms with E-state index in [0.29, 0.717) is 50.0 Å². The van der Waals surface area contributed by atoms with Gasteiger partial charge in [0.15, 0.2) is 0 Å². The number of aryl methyl sites for hydroxylation is 1. The fourth-order valence-electron chi connectivity index (χ4n) is 3.47. The van der Waals surface area contributed by atoms with Crippen molar-refractivity contribution < 1.29 is 23.1 Å². The van der Waals surface area contributed by atoms with Crippen molar-refractivity contribution in [1.29, 1.82) is 0 Å². The van der Waals surface area contributed by atoms with Crippen molar-refractivity contribution in [3.63, 3.8) is 0 Å². The van der Waals surface area contributed by atoms with Crippen LogP contribution in [0.4, 0.5) is 5.69 Å². The number of hydrogen-bond donors (Lipinski definition) is 1. The van der Waals surface area contributed by atoms with Crippen molar-refractivity contribution in [2.75, 3.05) is 23.7 Å². The lowest BCUT2D eigenvalue weighted by atomic mass is 10.00. The summed E-state index contributed by atoms with van der Waals surface area (Å²) in [4.78, 5) is 25.3. The van der Waals surface area contributed by atoms with E-state index in [9.17, 15) is 23.1 Å². The second-order valence-electron chi connectivity index (χ2n) is 6.28. The molecule has 0 bridgehead atoms. The lowest BCUT2D eigenvalue weighted by molar-refractivity contribution is -0.141. The van der Waals surface area contributed by atoms with Crippen LogP contribution in [0.3, 0.4) is 0 Å². The number of carboxylic acid groups (broad SMARTS) is 1. The van der Waals surface area contributed by atoms with Gasteiger partial charge in [0.2, 0.25) is 10.0 Å². The van der Waals surface area contributed by atoms with Gasteiger partial charge in [0.05, 0.1) is 11.9 Å². The minimum absolute atomic E-state index is 0.306. The molecule has 1 saturated heterocycles. The molecule has 0 aromatic heterocycles. The highest BCUT2D eigenvalue weighted by Gasteiger charge is 2.35. The molecule has 2 aliphatic heterocycles. The molecule has 1 fully saturated rings. The standard InChI is InChI=1S/C16H20N2O5S/c1-24(22,23)18-9-2-4-11-10-12(6-7-13(11)18)15(19)17-8-3-5-14(17)16(20)21/h6-7,10,14H,2-5,8-9H2,1H3,(H,20,21)/t14-/m1/s1. The Morgan fingerprint density at radius 3 is 2.62 bits per heavy atom. The summed E-state index contributed by atoms with van der Waals surface area (Å²) in [5, 5.41) is 9.23. The summed E-state index contributed by atoms with van der Waals surface area (Å²) in [7, 11) is -3.35. The lowest BCUT2D eigenvalue weighted by Crippen LogP contribution is -2.40. The Labute approximate surface area is 140 Å². The molecule has 8 heteroatoms. The topological polar surface area (TPSA) is 95.0 Å². The zero-order valence-corrected chi connectivity index (χ0v) is 14.3. The number of sulfonamides is 1. The van der Waals surface area contributed by atoms with Crippen LogP contribution in [0.15, 0.2) is 18.2 Å². The molecule has 1 N–H and O–H groups in total. The number of fused-ring (bicyclic) bond motifs is 1. The van der Waals surface area contributed by atoms with Crippen LogP contribution in [0.2, 0.25) is 0 Å². The molecule has 1 amide bonds. The zero-order valence-electron chi connectivity index (χ0n) is 13.4. The summed E-state index contributed by atoms with van der Waals surface area (Å²) in [5.41, 5.74) is 1.83. The Morgan fingerprint density at radius 2 is 1.96 bits per heavy atom. The highest BCUT2D eigenvalue weighted by molar-refractivity contribution is 7.92. The molecule has 2 aliphatic rings. The van der Waals surface area contributed by atoms with Gasteiger partial charge in [0.1, 0.15) is 6.04 Å². The predicted octanol–water partition coefficient (Wildman–Crippen LogP) is 1.09. The second kappa shape index (κ2) is 6.08. The van der Waals surface area contributed by atoms with Gasteiger partial charge in [-0.25, -0.2) is 13.2 Å². The first-order chi connectivity index (χ1) is 11.3. The summed E-state index contributed by atoms with van der Waals surface area (Å²) in [6.45, 7) is 0.870. The van der Waals surface area contributed by atoms with Gasteiger partial charge in [-0.05, 0) is 49.4 Å². The molecule has 0 spiro atoms. The van der Waals surface area contributed by atoms with Crippen molar-refractivity contribution >= 4 is 27.6 Å². The molecule has 24 heavy (non-hydrogen) atoms. The summed E-state index contributed by atoms with van der Waals surface area (Å²) in [6, 6.07) is 4.16. The fourth-order valence-corrected chi connectivity index (χ4v) is 4.47. The number of carbonyl (C=O) groups excluding carboxylic acids is 1. The molecule has 1 atom stereocenters. The van der Waals surface area contributed by atoms with Crippen LogP contribution in [0.1, 0.15) is 35.2 Å². The molecule has 130 valence electrons. The van der Waals surface area contributed by atoms with Crippen molar-refractivity contribution in [2.24, 2.45) is 0 Å². The third-order valence-corrected chi connectivity index (χ3v) is 5.78. The maximum atomic E-state index is 12.7. The Bertz CT molecular complexity index is 790. The molecule has 1 aromatic rings. The van der Waals surface area contributed by atoms with Gasteiger partial charge in [-0.3, -0.25) is 9.10 Å². The van der Waals surface area contributed by atoms with Crippen molar-refractivity contribution in [3.8, 4) is 0 Å². The average molecular weight is 352 g/mol. The minimum Gasteiger partial charge on any atom is -0.480 e. The van der Waals surface area contributed by atoms with E-state index >= 15 is 0 Å². The summed E-state index contributed by atoms with van der Waals surface area (Å²) in [6.07, 6.45) is 3.70. The number of anilines is 1. The van der Waals surface area contributed by atoms with Crippen LogP contribution in [0.25, 0.3) is 0 Å². The van der Waals surface area contributed by atoms with Crippen LogP contribution >= 0.6 is 0 Å². The summed E-state index contributed by atoms with van der Waals surface area (Å²) in [5.74, 6) is -1.29. The van der Waals surface area contributed by atoms with E-state index in [1.165, 1.54) is 15.5 Å². The quantitative estimate of drug-likeness (QED) is 0.878. The number of nitrogens with zero attached hydrogens (tertiary/aromatic N) is 2. The zero-order chi connectivity index (χ0) is 17.5. The fraction of sp³-hybridized carbons (Fsp3) is 0.500. The van der Waals surface area contributed by atoms with Crippen molar-refractivity contribution in [2.45, 2.75) is 31.7 Å². The van der Waals surface area contributed by atoms with E-state index in [-0.39, 0.29) is 5.91 Å².